The summed E-state index contributed by atoms with van der Waals surface area (Å²) in [5.41, 5.74) is 0.294. The molecule has 1 aromatic carbocycles. The van der Waals surface area contributed by atoms with Gasteiger partial charge < -0.3 is 19.8 Å². The van der Waals surface area contributed by atoms with Crippen molar-refractivity contribution >= 4 is 17.5 Å². The van der Waals surface area contributed by atoms with Gasteiger partial charge in [-0.15, -0.1) is 11.6 Å². The largest absolute Gasteiger partial charge is 0.508 e. The first-order valence-corrected chi connectivity index (χ1v) is 7.13. The number of piperidine rings is 1. The molecule has 6 heteroatoms. The van der Waals surface area contributed by atoms with Crippen LogP contribution in [0.15, 0.2) is 18.2 Å². The highest BCUT2D eigenvalue weighted by Crippen LogP contribution is 2.23. The topological polar surface area (TPSA) is 70.0 Å². The van der Waals surface area contributed by atoms with Crippen LogP contribution in [-0.2, 0) is 4.74 Å². The molecule has 0 saturated carbocycles. The lowest BCUT2D eigenvalue weighted by molar-refractivity contribution is 0.0154. The van der Waals surface area contributed by atoms with E-state index in [9.17, 15) is 15.0 Å². The number of carbonyl (C=O) groups is 1. The van der Waals surface area contributed by atoms with Crippen molar-refractivity contribution in [3.05, 3.63) is 23.8 Å². The van der Waals surface area contributed by atoms with E-state index in [0.29, 0.717) is 31.1 Å². The number of ether oxygens (including phenoxy) is 1. The molecule has 1 aromatic rings. The molecule has 0 atom stereocenters. The molecule has 0 unspecified atom stereocenters. The Labute approximate surface area is 122 Å². The van der Waals surface area contributed by atoms with Crippen molar-refractivity contribution in [1.82, 2.24) is 4.90 Å². The number of phenols is 2. The molecule has 1 saturated heterocycles. The van der Waals surface area contributed by atoms with E-state index in [2.05, 4.69) is 0 Å². The molecule has 1 aliphatic heterocycles. The molecule has 0 bridgehead atoms. The van der Waals surface area contributed by atoms with Gasteiger partial charge >= 0.3 is 0 Å². The molecule has 5 nitrogen and oxygen atoms in total. The first-order valence-electron chi connectivity index (χ1n) is 6.60. The molecule has 1 amide bonds. The summed E-state index contributed by atoms with van der Waals surface area (Å²) in [6.07, 6.45) is 1.69. The lowest BCUT2D eigenvalue weighted by Crippen LogP contribution is -2.41. The minimum atomic E-state index is -0.188. The van der Waals surface area contributed by atoms with Crippen molar-refractivity contribution in [2.24, 2.45) is 0 Å². The van der Waals surface area contributed by atoms with E-state index in [-0.39, 0.29) is 23.5 Å². The summed E-state index contributed by atoms with van der Waals surface area (Å²) in [4.78, 5) is 14.0. The second-order valence-corrected chi connectivity index (χ2v) is 5.17. The first-order chi connectivity index (χ1) is 9.60. The fraction of sp³-hybridized carbons (Fsp3) is 0.500. The summed E-state index contributed by atoms with van der Waals surface area (Å²) in [7, 11) is 0. The van der Waals surface area contributed by atoms with Crippen LogP contribution in [0.2, 0.25) is 0 Å². The number of nitrogens with zero attached hydrogens (tertiary/aromatic N) is 1. The second-order valence-electron chi connectivity index (χ2n) is 4.79. The van der Waals surface area contributed by atoms with Crippen molar-refractivity contribution in [2.45, 2.75) is 18.9 Å². The van der Waals surface area contributed by atoms with Gasteiger partial charge in [-0.1, -0.05) is 0 Å². The Balaban J connectivity index is 1.94. The van der Waals surface area contributed by atoms with Gasteiger partial charge in [-0.3, -0.25) is 4.79 Å². The Morgan fingerprint density at radius 3 is 2.40 bits per heavy atom. The number of phenolic OH excluding ortho intramolecular Hbond substituents is 2. The summed E-state index contributed by atoms with van der Waals surface area (Å²) in [6.45, 7) is 1.73. The Morgan fingerprint density at radius 1 is 1.25 bits per heavy atom. The minimum absolute atomic E-state index is 0.117. The van der Waals surface area contributed by atoms with Gasteiger partial charge in [-0.05, 0) is 25.0 Å². The maximum atomic E-state index is 12.3. The highest BCUT2D eigenvalue weighted by molar-refractivity contribution is 6.17. The van der Waals surface area contributed by atoms with Crippen LogP contribution in [0.5, 0.6) is 11.5 Å². The van der Waals surface area contributed by atoms with E-state index in [0.717, 1.165) is 12.8 Å². The molecule has 110 valence electrons. The quantitative estimate of drug-likeness (QED) is 0.834. The van der Waals surface area contributed by atoms with Crippen LogP contribution in [0.3, 0.4) is 0 Å². The number of amides is 1. The average Bonchev–Trinajstić information content (AvgIpc) is 2.44. The normalized spacial score (nSPS) is 16.4. The molecule has 2 rings (SSSR count). The number of likely N-dealkylation sites (tertiary alicyclic amines) is 1. The molecule has 0 aliphatic carbocycles. The van der Waals surface area contributed by atoms with Gasteiger partial charge in [-0.25, -0.2) is 0 Å². The number of carbonyl (C=O) groups excluding carboxylic acids is 1. The van der Waals surface area contributed by atoms with E-state index in [1.165, 1.54) is 18.2 Å². The number of hydrogen-bond acceptors (Lipinski definition) is 4. The molecule has 1 aliphatic rings. The summed E-state index contributed by atoms with van der Waals surface area (Å²) >= 11 is 5.57. The van der Waals surface area contributed by atoms with Crippen LogP contribution >= 0.6 is 11.6 Å². The fourth-order valence-corrected chi connectivity index (χ4v) is 2.43. The molecule has 1 fully saturated rings. The van der Waals surface area contributed by atoms with Crippen molar-refractivity contribution in [2.75, 3.05) is 25.6 Å². The third kappa shape index (κ3) is 3.77. The summed E-state index contributed by atoms with van der Waals surface area (Å²) in [5, 5.41) is 18.8. The molecule has 20 heavy (non-hydrogen) atoms. The number of hydrogen-bond donors (Lipinski definition) is 2. The van der Waals surface area contributed by atoms with Crippen molar-refractivity contribution < 1.29 is 19.7 Å². The number of halogens is 1. The second kappa shape index (κ2) is 6.81. The van der Waals surface area contributed by atoms with E-state index < -0.39 is 0 Å². The van der Waals surface area contributed by atoms with Gasteiger partial charge in [0.2, 0.25) is 0 Å². The number of benzene rings is 1. The molecule has 0 aromatic heterocycles. The van der Waals surface area contributed by atoms with Crippen LogP contribution in [0, 0.1) is 0 Å². The predicted octanol–water partition coefficient (Wildman–Crippen LogP) is 1.96. The first kappa shape index (κ1) is 14.9. The zero-order valence-electron chi connectivity index (χ0n) is 11.1. The van der Waals surface area contributed by atoms with Gasteiger partial charge in [0.15, 0.2) is 0 Å². The minimum Gasteiger partial charge on any atom is -0.508 e. The molecule has 2 N–H and O–H groups in total. The fourth-order valence-electron chi connectivity index (χ4n) is 2.34. The molecular weight excluding hydrogens is 282 g/mol. The zero-order chi connectivity index (χ0) is 14.5. The van der Waals surface area contributed by atoms with Crippen LogP contribution < -0.4 is 0 Å². The van der Waals surface area contributed by atoms with Crippen molar-refractivity contribution in [3.8, 4) is 11.5 Å². The lowest BCUT2D eigenvalue weighted by Gasteiger charge is -2.32. The van der Waals surface area contributed by atoms with Crippen molar-refractivity contribution in [1.29, 1.82) is 0 Å². The molecule has 1 heterocycles. The Hall–Kier alpha value is -1.46. The standard InChI is InChI=1S/C14H18ClNO4/c15-3-6-20-13-1-4-16(5-2-13)14(19)10-7-11(17)9-12(18)8-10/h7-9,13,17-18H,1-6H2. The predicted molar refractivity (Wildman–Crippen MR) is 75.4 cm³/mol. The zero-order valence-corrected chi connectivity index (χ0v) is 11.8. The smallest absolute Gasteiger partial charge is 0.254 e. The molecular formula is C14H18ClNO4. The highest BCUT2D eigenvalue weighted by Gasteiger charge is 2.24. The van der Waals surface area contributed by atoms with E-state index >= 15 is 0 Å². The number of alkyl halides is 1. The summed E-state index contributed by atoms with van der Waals surface area (Å²) < 4.78 is 5.55. The number of rotatable bonds is 4. The molecule has 0 radical (unpaired) electrons. The van der Waals surface area contributed by atoms with Crippen LogP contribution in [0.1, 0.15) is 23.2 Å². The molecule has 0 spiro atoms. The Bertz CT molecular complexity index is 452. The highest BCUT2D eigenvalue weighted by atomic mass is 35.5. The Morgan fingerprint density at radius 2 is 1.85 bits per heavy atom. The van der Waals surface area contributed by atoms with Gasteiger partial charge in [0, 0.05) is 30.6 Å². The maximum absolute atomic E-state index is 12.3. The Kier molecular flexibility index (Phi) is 5.09. The third-order valence-corrected chi connectivity index (χ3v) is 3.46. The monoisotopic (exact) mass is 299 g/mol. The van der Waals surface area contributed by atoms with Crippen LogP contribution in [0.25, 0.3) is 0 Å². The van der Waals surface area contributed by atoms with Gasteiger partial charge in [-0.2, -0.15) is 0 Å². The maximum Gasteiger partial charge on any atom is 0.254 e. The van der Waals surface area contributed by atoms with E-state index in [4.69, 9.17) is 16.3 Å². The third-order valence-electron chi connectivity index (χ3n) is 3.31. The van der Waals surface area contributed by atoms with Crippen LogP contribution in [-0.4, -0.2) is 52.7 Å². The van der Waals surface area contributed by atoms with Crippen LogP contribution in [0.4, 0.5) is 0 Å². The van der Waals surface area contributed by atoms with Gasteiger partial charge in [0.05, 0.1) is 12.7 Å². The van der Waals surface area contributed by atoms with Gasteiger partial charge in [0.1, 0.15) is 11.5 Å². The summed E-state index contributed by atoms with van der Waals surface area (Å²) in [5.74, 6) is 0.0520. The van der Waals surface area contributed by atoms with E-state index in [1.807, 2.05) is 0 Å². The lowest BCUT2D eigenvalue weighted by atomic mass is 10.1. The van der Waals surface area contributed by atoms with E-state index in [1.54, 1.807) is 4.90 Å². The number of aromatic hydroxyl groups is 2. The average molecular weight is 300 g/mol. The van der Waals surface area contributed by atoms with Crippen molar-refractivity contribution in [3.63, 3.8) is 0 Å². The SMILES string of the molecule is O=C(c1cc(O)cc(O)c1)N1CCC(OCCCl)CC1. The van der Waals surface area contributed by atoms with Gasteiger partial charge in [0.25, 0.3) is 5.91 Å². The summed E-state index contributed by atoms with van der Waals surface area (Å²) in [6, 6.07) is 3.92.